The van der Waals surface area contributed by atoms with Crippen LogP contribution >= 0.6 is 0 Å². The van der Waals surface area contributed by atoms with Gasteiger partial charge >= 0.3 is 0 Å². The number of aliphatic hydroxyl groups is 1. The highest BCUT2D eigenvalue weighted by Crippen LogP contribution is 2.16. The van der Waals surface area contributed by atoms with Crippen LogP contribution in [0.15, 0.2) is 42.5 Å². The predicted molar refractivity (Wildman–Crippen MR) is 102 cm³/mol. The predicted octanol–water partition coefficient (Wildman–Crippen LogP) is 1.36. The first kappa shape index (κ1) is 20.4. The highest BCUT2D eigenvalue weighted by atomic mass is 16.3. The van der Waals surface area contributed by atoms with Crippen LogP contribution in [0.5, 0.6) is 0 Å². The van der Waals surface area contributed by atoms with Gasteiger partial charge in [-0.05, 0) is 61.9 Å². The lowest BCUT2D eigenvalue weighted by molar-refractivity contribution is -0.124. The zero-order valence-corrected chi connectivity index (χ0v) is 15.4. The second-order valence-corrected chi connectivity index (χ2v) is 6.14. The number of carbonyl (C=O) groups excluding carboxylic acids is 2. The average Bonchev–Trinajstić information content (AvgIpc) is 2.69. The van der Waals surface area contributed by atoms with Gasteiger partial charge in [0.2, 0.25) is 0 Å². The van der Waals surface area contributed by atoms with Crippen LogP contribution in [-0.4, -0.2) is 29.1 Å². The van der Waals surface area contributed by atoms with E-state index in [-0.39, 0.29) is 5.56 Å². The highest BCUT2D eigenvalue weighted by Gasteiger charge is 2.24. The molecule has 0 saturated heterocycles. The first-order valence-corrected chi connectivity index (χ1v) is 8.41. The quantitative estimate of drug-likeness (QED) is 0.581. The molecule has 0 bridgehead atoms. The molecule has 0 unspecified atom stereocenters. The van der Waals surface area contributed by atoms with Gasteiger partial charge in [-0.25, -0.2) is 0 Å². The zero-order valence-electron chi connectivity index (χ0n) is 15.4. The molecule has 0 aliphatic rings. The third-order valence-corrected chi connectivity index (χ3v) is 4.01. The molecule has 2 atom stereocenters. The molecular weight excluding hydrogens is 358 g/mol. The number of hydrazine groups is 1. The normalized spacial score (nSPS) is 12.0. The number of hydrogen-bond donors (Lipinski definition) is 4. The maximum absolute atomic E-state index is 12.4. The first-order valence-electron chi connectivity index (χ1n) is 8.41. The van der Waals surface area contributed by atoms with E-state index in [0.29, 0.717) is 16.8 Å². The zero-order chi connectivity index (χ0) is 20.7. The minimum Gasteiger partial charge on any atom is -0.391 e. The molecule has 0 spiro atoms. The monoisotopic (exact) mass is 377 g/mol. The van der Waals surface area contributed by atoms with Crippen molar-refractivity contribution in [3.8, 4) is 12.1 Å². The molecule has 4 N–H and O–H groups in total. The minimum absolute atomic E-state index is 0.267. The summed E-state index contributed by atoms with van der Waals surface area (Å²) in [4.78, 5) is 24.5. The van der Waals surface area contributed by atoms with Gasteiger partial charge in [0.15, 0.2) is 0 Å². The lowest BCUT2D eigenvalue weighted by Crippen LogP contribution is -2.52. The summed E-state index contributed by atoms with van der Waals surface area (Å²) in [5.74, 6) is -1.20. The Morgan fingerprint density at radius 2 is 1.71 bits per heavy atom. The van der Waals surface area contributed by atoms with Crippen molar-refractivity contribution in [2.45, 2.75) is 26.0 Å². The van der Waals surface area contributed by atoms with E-state index >= 15 is 0 Å². The number of aliphatic hydroxyl groups excluding tert-OH is 1. The minimum atomic E-state index is -1.05. The number of nitriles is 2. The van der Waals surface area contributed by atoms with Gasteiger partial charge in [-0.2, -0.15) is 10.5 Å². The topological polar surface area (TPSA) is 138 Å². The van der Waals surface area contributed by atoms with Gasteiger partial charge in [0.05, 0.1) is 29.4 Å². The summed E-state index contributed by atoms with van der Waals surface area (Å²) in [5, 5.41) is 30.6. The Kier molecular flexibility index (Phi) is 6.69. The van der Waals surface area contributed by atoms with Crippen molar-refractivity contribution in [3.63, 3.8) is 0 Å². The fraction of sp³-hybridized carbons (Fsp3) is 0.200. The number of rotatable bonds is 5. The number of amides is 2. The smallest absolute Gasteiger partial charge is 0.269 e. The molecule has 2 rings (SSSR count). The van der Waals surface area contributed by atoms with E-state index in [1.165, 1.54) is 31.2 Å². The van der Waals surface area contributed by atoms with E-state index in [1.54, 1.807) is 25.1 Å². The van der Waals surface area contributed by atoms with Gasteiger partial charge in [-0.1, -0.05) is 0 Å². The van der Waals surface area contributed by atoms with Gasteiger partial charge in [-0.3, -0.25) is 20.4 Å². The molecule has 0 aliphatic heterocycles. The summed E-state index contributed by atoms with van der Waals surface area (Å²) in [5.41, 5.74) is 7.01. The largest absolute Gasteiger partial charge is 0.391 e. The number of aryl methyl sites for hydroxylation is 1. The second-order valence-electron chi connectivity index (χ2n) is 6.14. The molecule has 0 fully saturated rings. The fourth-order valence-electron chi connectivity index (χ4n) is 2.43. The van der Waals surface area contributed by atoms with Crippen molar-refractivity contribution in [2.24, 2.45) is 0 Å². The summed E-state index contributed by atoms with van der Waals surface area (Å²) in [6, 6.07) is 13.8. The molecule has 8 nitrogen and oxygen atoms in total. The SMILES string of the molecule is Cc1cc(N[C@@H](C(=O)NNC(=O)c2ccc(C#N)cc2)[C@@H](C)O)ccc1C#N. The van der Waals surface area contributed by atoms with E-state index < -0.39 is 24.0 Å². The Morgan fingerprint density at radius 3 is 2.25 bits per heavy atom. The maximum Gasteiger partial charge on any atom is 0.269 e. The van der Waals surface area contributed by atoms with Gasteiger partial charge in [-0.15, -0.1) is 0 Å². The molecule has 2 aromatic carbocycles. The van der Waals surface area contributed by atoms with Gasteiger partial charge in [0.1, 0.15) is 6.04 Å². The summed E-state index contributed by atoms with van der Waals surface area (Å²) in [6.45, 7) is 3.20. The van der Waals surface area contributed by atoms with Crippen molar-refractivity contribution >= 4 is 17.5 Å². The van der Waals surface area contributed by atoms with Crippen LogP contribution in [0.1, 0.15) is 34.0 Å². The standard InChI is InChI=1S/C20H19N5O3/c1-12-9-17(8-7-16(12)11-22)23-18(13(2)26)20(28)25-24-19(27)15-5-3-14(10-21)4-6-15/h3-9,13,18,23,26H,1-2H3,(H,24,27)(H,25,28)/t13-,18-/m1/s1. The highest BCUT2D eigenvalue weighted by molar-refractivity contribution is 5.96. The second kappa shape index (κ2) is 9.17. The van der Waals surface area contributed by atoms with Crippen LogP contribution in [0, 0.1) is 29.6 Å². The number of benzene rings is 2. The molecule has 28 heavy (non-hydrogen) atoms. The van der Waals surface area contributed by atoms with E-state index in [0.717, 1.165) is 5.56 Å². The lowest BCUT2D eigenvalue weighted by atomic mass is 10.1. The fourth-order valence-corrected chi connectivity index (χ4v) is 2.43. The summed E-state index contributed by atoms with van der Waals surface area (Å²) >= 11 is 0. The van der Waals surface area contributed by atoms with Crippen LogP contribution in [0.4, 0.5) is 5.69 Å². The molecule has 0 heterocycles. The van der Waals surface area contributed by atoms with Crippen LogP contribution in [-0.2, 0) is 4.79 Å². The van der Waals surface area contributed by atoms with Gasteiger partial charge in [0, 0.05) is 11.3 Å². The lowest BCUT2D eigenvalue weighted by Gasteiger charge is -2.22. The van der Waals surface area contributed by atoms with E-state index in [1.807, 2.05) is 6.07 Å². The number of nitrogens with one attached hydrogen (secondary N) is 3. The summed E-state index contributed by atoms with van der Waals surface area (Å²) in [7, 11) is 0. The number of hydrogen-bond acceptors (Lipinski definition) is 6. The van der Waals surface area contributed by atoms with Crippen molar-refractivity contribution in [3.05, 3.63) is 64.7 Å². The molecule has 0 radical (unpaired) electrons. The van der Waals surface area contributed by atoms with Gasteiger partial charge in [0.25, 0.3) is 11.8 Å². The first-order chi connectivity index (χ1) is 13.3. The van der Waals surface area contributed by atoms with Crippen LogP contribution in [0.2, 0.25) is 0 Å². The van der Waals surface area contributed by atoms with E-state index in [4.69, 9.17) is 10.5 Å². The third-order valence-electron chi connectivity index (χ3n) is 4.01. The van der Waals surface area contributed by atoms with Crippen LogP contribution < -0.4 is 16.2 Å². The maximum atomic E-state index is 12.4. The molecule has 8 heteroatoms. The Morgan fingerprint density at radius 1 is 1.04 bits per heavy atom. The molecular formula is C20H19N5O3. The third kappa shape index (κ3) is 5.07. The molecule has 2 aromatic rings. The Balaban J connectivity index is 2.02. The molecule has 0 aliphatic carbocycles. The Labute approximate surface area is 162 Å². The molecule has 0 saturated carbocycles. The average molecular weight is 377 g/mol. The van der Waals surface area contributed by atoms with E-state index in [2.05, 4.69) is 22.2 Å². The van der Waals surface area contributed by atoms with E-state index in [9.17, 15) is 14.7 Å². The molecule has 2 amide bonds. The molecule has 0 aromatic heterocycles. The molecule has 142 valence electrons. The van der Waals surface area contributed by atoms with Gasteiger partial charge < -0.3 is 10.4 Å². The Hall–Kier alpha value is -3.88. The number of nitrogens with zero attached hydrogens (tertiary/aromatic N) is 2. The summed E-state index contributed by atoms with van der Waals surface area (Å²) < 4.78 is 0. The van der Waals surface area contributed by atoms with Crippen molar-refractivity contribution in [1.29, 1.82) is 10.5 Å². The number of anilines is 1. The van der Waals surface area contributed by atoms with Crippen molar-refractivity contribution in [1.82, 2.24) is 10.9 Å². The number of carbonyl (C=O) groups is 2. The van der Waals surface area contributed by atoms with Crippen LogP contribution in [0.3, 0.4) is 0 Å². The van der Waals surface area contributed by atoms with Crippen molar-refractivity contribution < 1.29 is 14.7 Å². The van der Waals surface area contributed by atoms with Crippen LogP contribution in [0.25, 0.3) is 0 Å². The van der Waals surface area contributed by atoms with Crippen molar-refractivity contribution in [2.75, 3.05) is 5.32 Å². The Bertz CT molecular complexity index is 955. The summed E-state index contributed by atoms with van der Waals surface area (Å²) in [6.07, 6.45) is -1.05.